The summed E-state index contributed by atoms with van der Waals surface area (Å²) >= 11 is 1.68. The molecule has 0 aromatic rings. The molecule has 0 radical (unpaired) electrons. The van der Waals surface area contributed by atoms with Crippen molar-refractivity contribution in [1.82, 2.24) is 0 Å². The molecule has 0 spiro atoms. The number of fused-ring (bicyclic) bond motifs is 1. The van der Waals surface area contributed by atoms with E-state index in [4.69, 9.17) is 0 Å². The van der Waals surface area contributed by atoms with Crippen molar-refractivity contribution < 1.29 is 0 Å². The van der Waals surface area contributed by atoms with Gasteiger partial charge in [-0.25, -0.2) is 4.99 Å². The minimum Gasteiger partial charge on any atom is -0.254 e. The van der Waals surface area contributed by atoms with E-state index in [1.54, 1.807) is 18.0 Å². The molecule has 0 fully saturated rings. The summed E-state index contributed by atoms with van der Waals surface area (Å²) in [6.45, 7) is 3.65. The first-order valence-corrected chi connectivity index (χ1v) is 4.67. The maximum Gasteiger partial charge on any atom is 0.0993 e. The number of rotatable bonds is 2. The van der Waals surface area contributed by atoms with E-state index in [0.29, 0.717) is 0 Å². The molecule has 2 aliphatic heterocycles. The van der Waals surface area contributed by atoms with Gasteiger partial charge in [-0.3, -0.25) is 4.99 Å². The molecule has 0 saturated heterocycles. The maximum absolute atomic E-state index is 4.36. The van der Waals surface area contributed by atoms with Gasteiger partial charge in [-0.15, -0.1) is 18.3 Å². The molecule has 2 aliphatic rings. The fraction of sp³-hybridized carbons (Fsp3) is 0.111. The molecule has 0 aromatic carbocycles. The zero-order valence-corrected chi connectivity index (χ0v) is 7.34. The second-order valence-corrected chi connectivity index (χ2v) is 3.45. The Balaban J connectivity index is 2.09. The molecule has 0 unspecified atom stereocenters. The SMILES string of the molecule is C=CCSC1=NC2=CC=NC2=C1. The van der Waals surface area contributed by atoms with Crippen molar-refractivity contribution in [1.29, 1.82) is 0 Å². The molecule has 3 heteroatoms. The Morgan fingerprint density at radius 3 is 3.17 bits per heavy atom. The van der Waals surface area contributed by atoms with Crippen molar-refractivity contribution in [2.45, 2.75) is 0 Å². The van der Waals surface area contributed by atoms with Crippen molar-refractivity contribution in [3.63, 3.8) is 0 Å². The predicted molar refractivity (Wildman–Crippen MR) is 54.7 cm³/mol. The minimum atomic E-state index is 0.902. The van der Waals surface area contributed by atoms with Crippen molar-refractivity contribution in [2.75, 3.05) is 5.75 Å². The Morgan fingerprint density at radius 2 is 2.42 bits per heavy atom. The number of allylic oxidation sites excluding steroid dienone is 1. The number of hydrogen-bond donors (Lipinski definition) is 0. The van der Waals surface area contributed by atoms with E-state index in [1.807, 2.05) is 18.2 Å². The quantitative estimate of drug-likeness (QED) is 0.592. The molecule has 12 heavy (non-hydrogen) atoms. The van der Waals surface area contributed by atoms with Crippen LogP contribution in [0, 0.1) is 0 Å². The first-order valence-electron chi connectivity index (χ1n) is 3.69. The molecular weight excluding hydrogens is 168 g/mol. The summed E-state index contributed by atoms with van der Waals surface area (Å²) in [5.41, 5.74) is 1.98. The summed E-state index contributed by atoms with van der Waals surface area (Å²) in [6.07, 6.45) is 7.58. The molecule has 0 N–H and O–H groups in total. The first-order chi connectivity index (χ1) is 5.90. The Labute approximate surface area is 75.5 Å². The van der Waals surface area contributed by atoms with Gasteiger partial charge in [-0.2, -0.15) is 0 Å². The topological polar surface area (TPSA) is 24.7 Å². The number of hydrogen-bond acceptors (Lipinski definition) is 3. The molecule has 2 heterocycles. The summed E-state index contributed by atoms with van der Waals surface area (Å²) in [4.78, 5) is 8.51. The van der Waals surface area contributed by atoms with Crippen LogP contribution in [0.15, 0.2) is 46.2 Å². The highest BCUT2D eigenvalue weighted by molar-refractivity contribution is 8.14. The molecule has 0 amide bonds. The van der Waals surface area contributed by atoms with Crippen LogP contribution in [0.4, 0.5) is 0 Å². The fourth-order valence-corrected chi connectivity index (χ4v) is 1.68. The monoisotopic (exact) mass is 176 g/mol. The van der Waals surface area contributed by atoms with Crippen LogP contribution in [0.2, 0.25) is 0 Å². The van der Waals surface area contributed by atoms with Gasteiger partial charge in [-0.1, -0.05) is 6.08 Å². The molecule has 2 nitrogen and oxygen atoms in total. The maximum atomic E-state index is 4.36. The lowest BCUT2D eigenvalue weighted by Gasteiger charge is -1.90. The Kier molecular flexibility index (Phi) is 1.96. The molecular formula is C9H8N2S. The van der Waals surface area contributed by atoms with E-state index in [9.17, 15) is 0 Å². The second-order valence-electron chi connectivity index (χ2n) is 2.41. The van der Waals surface area contributed by atoms with Gasteiger partial charge in [0.25, 0.3) is 0 Å². The highest BCUT2D eigenvalue weighted by Gasteiger charge is 2.15. The third kappa shape index (κ3) is 1.28. The van der Waals surface area contributed by atoms with E-state index in [-0.39, 0.29) is 0 Å². The van der Waals surface area contributed by atoms with Crippen molar-refractivity contribution in [2.24, 2.45) is 9.98 Å². The molecule has 0 saturated carbocycles. The molecule has 0 aromatic heterocycles. The summed E-state index contributed by atoms with van der Waals surface area (Å²) in [6, 6.07) is 0. The fourth-order valence-electron chi connectivity index (χ4n) is 1.03. The average molecular weight is 176 g/mol. The summed E-state index contributed by atoms with van der Waals surface area (Å²) in [7, 11) is 0. The van der Waals surface area contributed by atoms with Crippen LogP contribution in [-0.4, -0.2) is 17.0 Å². The van der Waals surface area contributed by atoms with Crippen molar-refractivity contribution in [3.8, 4) is 0 Å². The molecule has 60 valence electrons. The third-order valence-corrected chi connectivity index (χ3v) is 2.46. The molecule has 0 bridgehead atoms. The van der Waals surface area contributed by atoms with Crippen LogP contribution in [0.1, 0.15) is 0 Å². The van der Waals surface area contributed by atoms with E-state index in [0.717, 1.165) is 22.2 Å². The third-order valence-electron chi connectivity index (χ3n) is 1.55. The first kappa shape index (κ1) is 7.55. The smallest absolute Gasteiger partial charge is 0.0993 e. The predicted octanol–water partition coefficient (Wildman–Crippen LogP) is 2.17. The zero-order chi connectivity index (χ0) is 8.39. The highest BCUT2D eigenvalue weighted by atomic mass is 32.2. The Bertz CT molecular complexity index is 334. The van der Waals surface area contributed by atoms with E-state index >= 15 is 0 Å². The van der Waals surface area contributed by atoms with Gasteiger partial charge in [0.15, 0.2) is 0 Å². The number of aliphatic imine (C=N–C) groups is 2. The van der Waals surface area contributed by atoms with Crippen LogP contribution in [0.3, 0.4) is 0 Å². The van der Waals surface area contributed by atoms with Gasteiger partial charge in [0.1, 0.15) is 0 Å². The van der Waals surface area contributed by atoms with Gasteiger partial charge in [0, 0.05) is 12.0 Å². The van der Waals surface area contributed by atoms with E-state index in [1.165, 1.54) is 0 Å². The Hall–Kier alpha value is -1.09. The summed E-state index contributed by atoms with van der Waals surface area (Å²) < 4.78 is 0. The summed E-state index contributed by atoms with van der Waals surface area (Å²) in [5.74, 6) is 0.902. The van der Waals surface area contributed by atoms with Gasteiger partial charge in [-0.05, 0) is 12.2 Å². The van der Waals surface area contributed by atoms with Crippen LogP contribution >= 0.6 is 11.8 Å². The van der Waals surface area contributed by atoms with Gasteiger partial charge in [0.05, 0.1) is 16.4 Å². The van der Waals surface area contributed by atoms with Gasteiger partial charge < -0.3 is 0 Å². The van der Waals surface area contributed by atoms with Gasteiger partial charge >= 0.3 is 0 Å². The largest absolute Gasteiger partial charge is 0.254 e. The average Bonchev–Trinajstić information content (AvgIpc) is 2.58. The lowest BCUT2D eigenvalue weighted by Crippen LogP contribution is -1.82. The van der Waals surface area contributed by atoms with E-state index in [2.05, 4.69) is 16.6 Å². The molecule has 0 aliphatic carbocycles. The van der Waals surface area contributed by atoms with Crippen LogP contribution in [0.5, 0.6) is 0 Å². The normalized spacial score (nSPS) is 18.5. The number of nitrogens with zero attached hydrogens (tertiary/aromatic N) is 2. The van der Waals surface area contributed by atoms with Crippen molar-refractivity contribution in [3.05, 3.63) is 36.2 Å². The lowest BCUT2D eigenvalue weighted by molar-refractivity contribution is 1.33. The van der Waals surface area contributed by atoms with Gasteiger partial charge in [0.2, 0.25) is 0 Å². The van der Waals surface area contributed by atoms with E-state index < -0.39 is 0 Å². The summed E-state index contributed by atoms with van der Waals surface area (Å²) in [5, 5.41) is 1.04. The Morgan fingerprint density at radius 1 is 1.50 bits per heavy atom. The number of thioether (sulfide) groups is 1. The molecule has 0 atom stereocenters. The van der Waals surface area contributed by atoms with Crippen LogP contribution in [0.25, 0.3) is 0 Å². The minimum absolute atomic E-state index is 0.902. The lowest BCUT2D eigenvalue weighted by atomic mass is 10.4. The highest BCUT2D eigenvalue weighted by Crippen LogP contribution is 2.26. The van der Waals surface area contributed by atoms with Crippen molar-refractivity contribution >= 4 is 23.0 Å². The zero-order valence-electron chi connectivity index (χ0n) is 6.53. The van der Waals surface area contributed by atoms with Crippen LogP contribution in [-0.2, 0) is 0 Å². The standard InChI is InChI=1S/C9H8N2S/c1-2-5-12-9-6-8-7(11-9)3-4-10-8/h2-4,6H,1,5H2. The second kappa shape index (κ2) is 3.11. The van der Waals surface area contributed by atoms with Crippen LogP contribution < -0.4 is 0 Å². The molecule has 2 rings (SSSR count).